The first-order valence-corrected chi connectivity index (χ1v) is 14.0. The Labute approximate surface area is 246 Å². The molecule has 1 heterocycles. The maximum absolute atomic E-state index is 13.5. The molecule has 1 N–H and O–H groups in total. The fourth-order valence-corrected chi connectivity index (χ4v) is 5.23. The largest absolute Gasteiger partial charge is 0.465 e. The van der Waals surface area contributed by atoms with Crippen LogP contribution < -0.4 is 10.2 Å². The molecule has 3 aromatic carbocycles. The van der Waals surface area contributed by atoms with Crippen LogP contribution in [-0.4, -0.2) is 30.7 Å². The summed E-state index contributed by atoms with van der Waals surface area (Å²) in [5.74, 6) is -0.506. The van der Waals surface area contributed by atoms with Crippen molar-refractivity contribution in [1.82, 2.24) is 5.32 Å². The molecular formula is C33H37ClN2O5. The van der Waals surface area contributed by atoms with E-state index < -0.39 is 23.1 Å². The number of nitrogens with one attached hydrogen (secondary N) is 1. The molecule has 3 aromatic rings. The first-order chi connectivity index (χ1) is 19.3. The lowest BCUT2D eigenvalue weighted by Gasteiger charge is -2.21. The van der Waals surface area contributed by atoms with Crippen LogP contribution in [0, 0.1) is 0 Å². The third-order valence-electron chi connectivity index (χ3n) is 7.22. The minimum absolute atomic E-state index is 0.0533. The minimum Gasteiger partial charge on any atom is -0.465 e. The number of halogens is 1. The molecule has 0 aliphatic carbocycles. The molecule has 1 aliphatic rings. The first kappa shape index (κ1) is 30.1. The van der Waals surface area contributed by atoms with E-state index in [0.29, 0.717) is 22.8 Å². The SMILES string of the molecule is COC(=O)c1ccc2c(c1)N(Cc1cc(CCc3ccccc3CNC(=O)OC(C)(C)C)ccc1Cl)C(=O)C2(C)C. The van der Waals surface area contributed by atoms with Crippen molar-refractivity contribution >= 4 is 35.3 Å². The third kappa shape index (κ3) is 6.91. The number of hydrogen-bond donors (Lipinski definition) is 1. The normalized spacial score (nSPS) is 14.0. The summed E-state index contributed by atoms with van der Waals surface area (Å²) in [7, 11) is 1.34. The van der Waals surface area contributed by atoms with E-state index in [2.05, 4.69) is 11.4 Å². The Balaban J connectivity index is 1.51. The predicted molar refractivity (Wildman–Crippen MR) is 160 cm³/mol. The maximum atomic E-state index is 13.5. The van der Waals surface area contributed by atoms with Crippen LogP contribution in [0.5, 0.6) is 0 Å². The van der Waals surface area contributed by atoms with Gasteiger partial charge in [0.2, 0.25) is 5.91 Å². The topological polar surface area (TPSA) is 84.9 Å². The molecule has 0 saturated heterocycles. The van der Waals surface area contributed by atoms with Crippen molar-refractivity contribution in [2.75, 3.05) is 12.0 Å². The second-order valence-electron chi connectivity index (χ2n) is 11.8. The molecule has 0 fully saturated rings. The summed E-state index contributed by atoms with van der Waals surface area (Å²) >= 11 is 6.62. The average Bonchev–Trinajstić information content (AvgIpc) is 3.11. The Kier molecular flexibility index (Phi) is 8.78. The Morgan fingerprint density at radius 2 is 1.66 bits per heavy atom. The number of ether oxygens (including phenoxy) is 2. The first-order valence-electron chi connectivity index (χ1n) is 13.7. The van der Waals surface area contributed by atoms with Crippen molar-refractivity contribution in [3.05, 3.63) is 99.1 Å². The Bertz CT molecular complexity index is 1470. The number of methoxy groups -OCH3 is 1. The highest BCUT2D eigenvalue weighted by Crippen LogP contribution is 2.43. The van der Waals surface area contributed by atoms with Crippen LogP contribution in [0.2, 0.25) is 5.02 Å². The summed E-state index contributed by atoms with van der Waals surface area (Å²) in [6.07, 6.45) is 1.05. The lowest BCUT2D eigenvalue weighted by molar-refractivity contribution is -0.122. The smallest absolute Gasteiger partial charge is 0.407 e. The quantitative estimate of drug-likeness (QED) is 0.299. The van der Waals surface area contributed by atoms with Gasteiger partial charge < -0.3 is 19.7 Å². The molecule has 216 valence electrons. The molecule has 0 aromatic heterocycles. The molecule has 0 radical (unpaired) electrons. The average molecular weight is 577 g/mol. The number of rotatable bonds is 8. The summed E-state index contributed by atoms with van der Waals surface area (Å²) in [4.78, 5) is 39.5. The van der Waals surface area contributed by atoms with Gasteiger partial charge in [-0.05, 0) is 93.5 Å². The van der Waals surface area contributed by atoms with E-state index in [9.17, 15) is 14.4 Å². The van der Waals surface area contributed by atoms with E-state index in [1.165, 1.54) is 7.11 Å². The highest BCUT2D eigenvalue weighted by atomic mass is 35.5. The number of carbonyl (C=O) groups excluding carboxylic acids is 3. The standard InChI is InChI=1S/C33H37ClN2O5/c1-32(2,3)41-31(39)35-19-24-10-8-7-9-22(24)13-11-21-12-16-27(34)25(17-21)20-36-28-18-23(29(37)40-6)14-15-26(28)33(4,5)30(36)38/h7-10,12,14-18H,11,13,19-20H2,1-6H3,(H,35,39). The minimum atomic E-state index is -0.731. The molecule has 1 aliphatic heterocycles. The molecule has 41 heavy (non-hydrogen) atoms. The molecule has 4 rings (SSSR count). The number of fused-ring (bicyclic) bond motifs is 1. The van der Waals surface area contributed by atoms with Crippen LogP contribution in [0.15, 0.2) is 60.7 Å². The fourth-order valence-electron chi connectivity index (χ4n) is 5.06. The van der Waals surface area contributed by atoms with E-state index in [-0.39, 0.29) is 12.5 Å². The molecule has 0 unspecified atom stereocenters. The maximum Gasteiger partial charge on any atom is 0.407 e. The van der Waals surface area contributed by atoms with E-state index in [1.54, 1.807) is 17.0 Å². The summed E-state index contributed by atoms with van der Waals surface area (Å²) in [6, 6.07) is 19.1. The lowest BCUT2D eigenvalue weighted by atomic mass is 9.86. The number of benzene rings is 3. The van der Waals surface area contributed by atoms with Crippen LogP contribution >= 0.6 is 11.6 Å². The number of hydrogen-bond acceptors (Lipinski definition) is 5. The van der Waals surface area contributed by atoms with Crippen LogP contribution in [0.1, 0.15) is 72.8 Å². The van der Waals surface area contributed by atoms with Gasteiger partial charge in [0, 0.05) is 17.3 Å². The molecule has 0 atom stereocenters. The number of aryl methyl sites for hydroxylation is 2. The van der Waals surface area contributed by atoms with Crippen LogP contribution in [0.25, 0.3) is 0 Å². The third-order valence-corrected chi connectivity index (χ3v) is 7.59. The second kappa shape index (κ2) is 12.0. The summed E-state index contributed by atoms with van der Waals surface area (Å²) in [5.41, 5.74) is 4.70. The molecule has 0 spiro atoms. The summed E-state index contributed by atoms with van der Waals surface area (Å²) < 4.78 is 10.3. The number of amides is 2. The number of alkyl carbamates (subject to hydrolysis) is 1. The Morgan fingerprint density at radius 3 is 2.34 bits per heavy atom. The van der Waals surface area contributed by atoms with Gasteiger partial charge in [0.25, 0.3) is 0 Å². The van der Waals surface area contributed by atoms with E-state index in [0.717, 1.165) is 40.7 Å². The van der Waals surface area contributed by atoms with E-state index in [1.807, 2.05) is 77.1 Å². The van der Waals surface area contributed by atoms with Gasteiger partial charge in [-0.2, -0.15) is 0 Å². The van der Waals surface area contributed by atoms with Gasteiger partial charge in [-0.25, -0.2) is 9.59 Å². The monoisotopic (exact) mass is 576 g/mol. The van der Waals surface area contributed by atoms with Gasteiger partial charge in [-0.3, -0.25) is 4.79 Å². The predicted octanol–water partition coefficient (Wildman–Crippen LogP) is 6.76. The fraction of sp³-hybridized carbons (Fsp3) is 0.364. The highest BCUT2D eigenvalue weighted by Gasteiger charge is 2.44. The van der Waals surface area contributed by atoms with Crippen molar-refractivity contribution in [1.29, 1.82) is 0 Å². The molecule has 2 amide bonds. The zero-order valence-electron chi connectivity index (χ0n) is 24.5. The lowest BCUT2D eigenvalue weighted by Crippen LogP contribution is -2.35. The highest BCUT2D eigenvalue weighted by molar-refractivity contribution is 6.31. The van der Waals surface area contributed by atoms with E-state index >= 15 is 0 Å². The molecule has 0 bridgehead atoms. The molecule has 7 nitrogen and oxygen atoms in total. The van der Waals surface area contributed by atoms with E-state index in [4.69, 9.17) is 21.1 Å². The zero-order valence-corrected chi connectivity index (χ0v) is 25.2. The van der Waals surface area contributed by atoms with Crippen molar-refractivity contribution in [3.8, 4) is 0 Å². The molecule has 8 heteroatoms. The number of esters is 1. The van der Waals surface area contributed by atoms with Crippen molar-refractivity contribution in [3.63, 3.8) is 0 Å². The Morgan fingerprint density at radius 1 is 0.951 bits per heavy atom. The van der Waals surface area contributed by atoms with Gasteiger partial charge in [-0.15, -0.1) is 0 Å². The van der Waals surface area contributed by atoms with Crippen LogP contribution in [0.4, 0.5) is 10.5 Å². The van der Waals surface area contributed by atoms with Gasteiger partial charge in [0.15, 0.2) is 0 Å². The molecule has 0 saturated carbocycles. The Hall–Kier alpha value is -3.84. The van der Waals surface area contributed by atoms with Crippen molar-refractivity contribution < 1.29 is 23.9 Å². The molecular weight excluding hydrogens is 540 g/mol. The van der Waals surface area contributed by atoms with Crippen LogP contribution in [-0.2, 0) is 45.6 Å². The number of carbonyl (C=O) groups is 3. The summed E-state index contributed by atoms with van der Waals surface area (Å²) in [5, 5.41) is 3.41. The van der Waals surface area contributed by atoms with Gasteiger partial charge in [0.05, 0.1) is 24.6 Å². The number of nitrogens with zero attached hydrogens (tertiary/aromatic N) is 1. The summed E-state index contributed by atoms with van der Waals surface area (Å²) in [6.45, 7) is 9.93. The van der Waals surface area contributed by atoms with Gasteiger partial charge in [0.1, 0.15) is 5.60 Å². The zero-order chi connectivity index (χ0) is 29.9. The van der Waals surface area contributed by atoms with Crippen molar-refractivity contribution in [2.24, 2.45) is 0 Å². The van der Waals surface area contributed by atoms with Gasteiger partial charge >= 0.3 is 12.1 Å². The second-order valence-corrected chi connectivity index (χ2v) is 12.2. The number of anilines is 1. The van der Waals surface area contributed by atoms with Crippen LogP contribution in [0.3, 0.4) is 0 Å². The van der Waals surface area contributed by atoms with Gasteiger partial charge in [-0.1, -0.05) is 54.1 Å². The van der Waals surface area contributed by atoms with Crippen molar-refractivity contribution in [2.45, 2.75) is 71.6 Å².